The zero-order valence-electron chi connectivity index (χ0n) is 16.0. The van der Waals surface area contributed by atoms with Crippen LogP contribution >= 0.6 is 23.5 Å². The van der Waals surface area contributed by atoms with Crippen molar-refractivity contribution in [2.75, 3.05) is 13.3 Å². The lowest BCUT2D eigenvalue weighted by Gasteiger charge is -2.34. The average Bonchev–Trinajstić information content (AvgIpc) is 2.90. The molecule has 0 aromatic carbocycles. The molecule has 6 N–H and O–H groups in total. The van der Waals surface area contributed by atoms with Crippen LogP contribution in [0.25, 0.3) is 10.4 Å². The quantitative estimate of drug-likeness (QED) is 0.0912. The molecule has 33 heavy (non-hydrogen) atoms. The van der Waals surface area contributed by atoms with E-state index in [-0.39, 0.29) is 5.82 Å². The number of amides is 1. The van der Waals surface area contributed by atoms with Crippen molar-refractivity contribution in [3.8, 4) is 0 Å². The van der Waals surface area contributed by atoms with E-state index in [9.17, 15) is 32.9 Å². The Hall–Kier alpha value is -1.68. The Labute approximate surface area is 183 Å². The molecule has 2 unspecified atom stereocenters. The lowest BCUT2D eigenvalue weighted by atomic mass is 9.96. The van der Waals surface area contributed by atoms with Crippen molar-refractivity contribution in [1.29, 1.82) is 0 Å². The van der Waals surface area contributed by atoms with E-state index in [1.165, 1.54) is 0 Å². The molecule has 2 aliphatic rings. The number of phosphoric ester groups is 1. The predicted molar refractivity (Wildman–Crippen MR) is 101 cm³/mol. The van der Waals surface area contributed by atoms with Crippen LogP contribution in [0.3, 0.4) is 0 Å². The molecule has 1 saturated heterocycles. The molecule has 0 aromatic heterocycles. The fourth-order valence-corrected chi connectivity index (χ4v) is 5.81. The summed E-state index contributed by atoms with van der Waals surface area (Å²) in [5.74, 6) is -0.708. The number of azide groups is 1. The summed E-state index contributed by atoms with van der Waals surface area (Å²) in [4.78, 5) is 50.7. The lowest BCUT2D eigenvalue weighted by Crippen LogP contribution is -2.48. The van der Waals surface area contributed by atoms with Crippen LogP contribution in [-0.2, 0) is 36.4 Å². The minimum atomic E-state index is -5.85. The highest BCUT2D eigenvalue weighted by Gasteiger charge is 2.58. The summed E-state index contributed by atoms with van der Waals surface area (Å²) < 4.78 is 64.8. The van der Waals surface area contributed by atoms with E-state index in [1.54, 1.807) is 0 Å². The smallest absolute Gasteiger partial charge is 0.389 e. The Morgan fingerprint density at radius 2 is 1.94 bits per heavy atom. The number of hydrogen-bond donors (Lipinski definition) is 6. The van der Waals surface area contributed by atoms with E-state index < -0.39 is 66.6 Å². The van der Waals surface area contributed by atoms with Gasteiger partial charge in [0.2, 0.25) is 0 Å². The van der Waals surface area contributed by atoms with Gasteiger partial charge in [-0.15, -0.1) is 0 Å². The third-order valence-corrected chi connectivity index (χ3v) is 7.83. The number of rotatable bonds is 10. The molecule has 0 aliphatic carbocycles. The van der Waals surface area contributed by atoms with E-state index in [0.717, 1.165) is 17.2 Å². The Bertz CT molecular complexity index is 1030. The van der Waals surface area contributed by atoms with Crippen molar-refractivity contribution in [1.82, 2.24) is 10.2 Å². The molecule has 0 spiro atoms. The van der Waals surface area contributed by atoms with Crippen molar-refractivity contribution in [3.05, 3.63) is 35.1 Å². The van der Waals surface area contributed by atoms with Gasteiger partial charge in [-0.3, -0.25) is 9.32 Å². The van der Waals surface area contributed by atoms with Crippen LogP contribution in [0.4, 0.5) is 4.39 Å². The largest absolute Gasteiger partial charge is 0.490 e. The Morgan fingerprint density at radius 1 is 1.30 bits per heavy atom. The van der Waals surface area contributed by atoms with Crippen LogP contribution in [-0.4, -0.2) is 72.7 Å². The van der Waals surface area contributed by atoms with Gasteiger partial charge < -0.3 is 39.6 Å². The number of aliphatic hydroxyl groups excluding tert-OH is 1. The summed E-state index contributed by atoms with van der Waals surface area (Å²) in [6.45, 7) is 0.526. The van der Waals surface area contributed by atoms with Gasteiger partial charge in [0.15, 0.2) is 0 Å². The summed E-state index contributed by atoms with van der Waals surface area (Å²) in [6, 6.07) is -1.59. The predicted octanol–water partition coefficient (Wildman–Crippen LogP) is -0.149. The standard InChI is InChI=1S/C11H17FN5O13P3/c1-6-14-7(18)2-3-17(6)10-8(15-16-13)9(19)11(4-12,28-10)5-27-32(23,24)30-33(25,26)29-31(20,21)22/h2-3,8-10,19H,1,4-5H2,(H,14,18)(H,23,24)(H,25,26)(H2,20,21,22)/t8-,9-,10+,11+/m0/s1. The van der Waals surface area contributed by atoms with Gasteiger partial charge in [0.25, 0.3) is 5.91 Å². The molecule has 22 heteroatoms. The van der Waals surface area contributed by atoms with E-state index >= 15 is 0 Å². The second kappa shape index (κ2) is 9.90. The highest BCUT2D eigenvalue weighted by Crippen LogP contribution is 2.66. The molecule has 1 amide bonds. The van der Waals surface area contributed by atoms with Gasteiger partial charge in [-0.1, -0.05) is 11.7 Å². The topological polar surface area (TPSA) is 270 Å². The first-order chi connectivity index (χ1) is 15.0. The van der Waals surface area contributed by atoms with Gasteiger partial charge in [0.1, 0.15) is 36.5 Å². The number of carbonyl (C=O) groups is 1. The van der Waals surface area contributed by atoms with E-state index in [2.05, 4.69) is 35.1 Å². The number of halogens is 1. The first-order valence-electron chi connectivity index (χ1n) is 8.25. The maximum absolute atomic E-state index is 14.0. The molecular formula is C11H17FN5O13P3. The lowest BCUT2D eigenvalue weighted by molar-refractivity contribution is -0.142. The Morgan fingerprint density at radius 3 is 2.45 bits per heavy atom. The minimum Gasteiger partial charge on any atom is -0.389 e. The van der Waals surface area contributed by atoms with Crippen LogP contribution in [0.15, 0.2) is 29.8 Å². The number of phosphoric acid groups is 3. The van der Waals surface area contributed by atoms with Crippen LogP contribution in [0.1, 0.15) is 0 Å². The normalized spacial score (nSPS) is 31.5. The van der Waals surface area contributed by atoms with Gasteiger partial charge in [-0.05, 0) is 5.53 Å². The van der Waals surface area contributed by atoms with E-state index in [4.69, 9.17) is 24.9 Å². The summed E-state index contributed by atoms with van der Waals surface area (Å²) >= 11 is 0. The van der Waals surface area contributed by atoms with E-state index in [0.29, 0.717) is 0 Å². The molecule has 0 radical (unpaired) electrons. The fourth-order valence-electron chi connectivity index (χ4n) is 2.74. The first-order valence-corrected chi connectivity index (χ1v) is 12.8. The van der Waals surface area contributed by atoms with E-state index in [1.807, 2.05) is 0 Å². The monoisotopic (exact) mass is 539 g/mol. The third-order valence-electron chi connectivity index (χ3n) is 4.05. The second-order valence-electron chi connectivity index (χ2n) is 6.37. The molecule has 2 rings (SSSR count). The number of alkyl halides is 1. The van der Waals surface area contributed by atoms with Gasteiger partial charge in [-0.25, -0.2) is 18.1 Å². The molecule has 0 bridgehead atoms. The molecule has 1 fully saturated rings. The van der Waals surface area contributed by atoms with Crippen LogP contribution in [0, 0.1) is 0 Å². The van der Waals surface area contributed by atoms with Gasteiger partial charge in [0.05, 0.1) is 6.61 Å². The minimum absolute atomic E-state index is 0.125. The van der Waals surface area contributed by atoms with Crippen molar-refractivity contribution in [3.63, 3.8) is 0 Å². The number of aliphatic hydroxyl groups is 1. The fraction of sp³-hybridized carbons (Fsp3) is 0.545. The molecule has 0 saturated carbocycles. The highest BCUT2D eigenvalue weighted by atomic mass is 31.3. The van der Waals surface area contributed by atoms with Gasteiger partial charge in [0, 0.05) is 17.2 Å². The maximum atomic E-state index is 14.0. The molecule has 2 heterocycles. The zero-order chi connectivity index (χ0) is 25.2. The van der Waals surface area contributed by atoms with Gasteiger partial charge >= 0.3 is 23.5 Å². The summed E-state index contributed by atoms with van der Waals surface area (Å²) in [5.41, 5.74) is 6.26. The molecule has 186 valence electrons. The van der Waals surface area contributed by atoms with Crippen molar-refractivity contribution < 1.29 is 65.4 Å². The summed E-state index contributed by atoms with van der Waals surface area (Å²) in [6.07, 6.45) is -1.45. The van der Waals surface area contributed by atoms with Crippen molar-refractivity contribution >= 4 is 29.4 Å². The number of nitrogens with one attached hydrogen (secondary N) is 1. The first kappa shape index (κ1) is 27.6. The number of carbonyl (C=O) groups excluding carboxylic acids is 1. The molecular weight excluding hydrogens is 522 g/mol. The Kier molecular flexibility index (Phi) is 8.27. The van der Waals surface area contributed by atoms with Crippen LogP contribution in [0.2, 0.25) is 0 Å². The third kappa shape index (κ3) is 6.91. The van der Waals surface area contributed by atoms with Crippen molar-refractivity contribution in [2.45, 2.75) is 24.0 Å². The molecule has 18 nitrogen and oxygen atoms in total. The number of nitrogens with zero attached hydrogens (tertiary/aromatic N) is 4. The van der Waals surface area contributed by atoms with Gasteiger partial charge in [-0.2, -0.15) is 8.62 Å². The summed E-state index contributed by atoms with van der Waals surface area (Å²) in [5, 5.41) is 16.1. The SMILES string of the molecule is C=C1NC(=O)C=CN1[C@@H]1O[C@](CF)(COP(=O)(O)OP(=O)(O)OP(=O)(O)O)[C@@H](O)[C@@H]1N=[N+]=[N-]. The second-order valence-corrected chi connectivity index (χ2v) is 10.8. The summed E-state index contributed by atoms with van der Waals surface area (Å²) in [7, 11) is -17.2. The number of hydrogen-bond acceptors (Lipinski definition) is 11. The molecule has 6 atom stereocenters. The maximum Gasteiger partial charge on any atom is 0.490 e. The Balaban J connectivity index is 2.26. The zero-order valence-corrected chi connectivity index (χ0v) is 18.7. The highest BCUT2D eigenvalue weighted by molar-refractivity contribution is 7.66. The average molecular weight is 539 g/mol. The van der Waals surface area contributed by atoms with Crippen molar-refractivity contribution in [2.24, 2.45) is 5.11 Å². The molecule has 0 aromatic rings. The molecule has 2 aliphatic heterocycles. The van der Waals surface area contributed by atoms with Crippen LogP contribution in [0.5, 0.6) is 0 Å². The number of ether oxygens (including phenoxy) is 1. The van der Waals surface area contributed by atoms with Crippen LogP contribution < -0.4 is 5.32 Å².